The van der Waals surface area contributed by atoms with E-state index in [-0.39, 0.29) is 23.9 Å². The van der Waals surface area contributed by atoms with Crippen molar-refractivity contribution in [2.75, 3.05) is 7.05 Å². The Hall–Kier alpha value is -2.12. The molecule has 0 spiro atoms. The minimum atomic E-state index is 0.0663. The molecule has 1 aliphatic rings. The Kier molecular flexibility index (Phi) is 6.57. The average molecular weight is 336 g/mol. The standard InChI is InChI=1S/C16H28N6O2/c1-10(2)19-15(23)12-6-5-7-13(8-12)21-16(17-4)18-9-14-20-11(3)24-22-14/h10,12-13H,5-9H2,1-4H3,(H,19,23)(H2,17,18,21). The van der Waals surface area contributed by atoms with Gasteiger partial charge in [-0.3, -0.25) is 9.79 Å². The van der Waals surface area contributed by atoms with Gasteiger partial charge in [-0.05, 0) is 33.1 Å². The van der Waals surface area contributed by atoms with Crippen LogP contribution in [0.5, 0.6) is 0 Å². The van der Waals surface area contributed by atoms with Gasteiger partial charge in [-0.15, -0.1) is 0 Å². The van der Waals surface area contributed by atoms with E-state index >= 15 is 0 Å². The zero-order valence-electron chi connectivity index (χ0n) is 14.9. The highest BCUT2D eigenvalue weighted by molar-refractivity contribution is 5.81. The van der Waals surface area contributed by atoms with Gasteiger partial charge in [0.1, 0.15) is 0 Å². The maximum absolute atomic E-state index is 12.2. The lowest BCUT2D eigenvalue weighted by atomic mass is 9.85. The SMILES string of the molecule is CN=C(NCc1noc(C)n1)NC1CCCC(C(=O)NC(C)C)C1. The van der Waals surface area contributed by atoms with Gasteiger partial charge in [0, 0.05) is 32.0 Å². The second-order valence-corrected chi connectivity index (χ2v) is 6.52. The smallest absolute Gasteiger partial charge is 0.223 e. The Morgan fingerprint density at radius 1 is 1.42 bits per heavy atom. The van der Waals surface area contributed by atoms with Crippen LogP contribution in [0.1, 0.15) is 51.2 Å². The molecule has 3 N–H and O–H groups in total. The van der Waals surface area contributed by atoms with Gasteiger partial charge in [0.25, 0.3) is 0 Å². The van der Waals surface area contributed by atoms with Crippen molar-refractivity contribution >= 4 is 11.9 Å². The molecule has 1 aromatic rings. The Balaban J connectivity index is 1.82. The molecule has 1 saturated carbocycles. The average Bonchev–Trinajstić information content (AvgIpc) is 2.96. The molecule has 0 radical (unpaired) electrons. The Labute approximate surface area is 142 Å². The zero-order chi connectivity index (χ0) is 17.5. The van der Waals surface area contributed by atoms with E-state index in [0.717, 1.165) is 25.7 Å². The monoisotopic (exact) mass is 336 g/mol. The molecule has 2 unspecified atom stereocenters. The van der Waals surface area contributed by atoms with E-state index in [1.165, 1.54) is 0 Å². The quantitative estimate of drug-likeness (QED) is 0.550. The molecule has 8 nitrogen and oxygen atoms in total. The number of nitrogens with one attached hydrogen (secondary N) is 3. The third-order valence-electron chi connectivity index (χ3n) is 4.02. The maximum atomic E-state index is 12.2. The van der Waals surface area contributed by atoms with Crippen LogP contribution in [-0.4, -0.2) is 41.1 Å². The molecule has 1 aliphatic carbocycles. The highest BCUT2D eigenvalue weighted by atomic mass is 16.5. The molecule has 1 fully saturated rings. The molecule has 0 aromatic carbocycles. The van der Waals surface area contributed by atoms with Crippen molar-refractivity contribution in [2.24, 2.45) is 10.9 Å². The van der Waals surface area contributed by atoms with Crippen molar-refractivity contribution in [1.82, 2.24) is 26.1 Å². The van der Waals surface area contributed by atoms with Crippen molar-refractivity contribution in [3.05, 3.63) is 11.7 Å². The van der Waals surface area contributed by atoms with Crippen LogP contribution in [0.3, 0.4) is 0 Å². The van der Waals surface area contributed by atoms with Crippen molar-refractivity contribution in [2.45, 2.75) is 65.1 Å². The number of carbonyl (C=O) groups excluding carboxylic acids is 1. The number of guanidine groups is 1. The van der Waals surface area contributed by atoms with Gasteiger partial charge in [0.15, 0.2) is 11.8 Å². The van der Waals surface area contributed by atoms with Crippen LogP contribution < -0.4 is 16.0 Å². The number of aromatic nitrogens is 2. The van der Waals surface area contributed by atoms with Crippen LogP contribution in [0.4, 0.5) is 0 Å². The number of aliphatic imine (C=N–C) groups is 1. The van der Waals surface area contributed by atoms with Crippen LogP contribution in [0, 0.1) is 12.8 Å². The van der Waals surface area contributed by atoms with Gasteiger partial charge >= 0.3 is 0 Å². The number of aryl methyl sites for hydroxylation is 1. The summed E-state index contributed by atoms with van der Waals surface area (Å²) in [4.78, 5) is 20.6. The van der Waals surface area contributed by atoms with Gasteiger partial charge < -0.3 is 20.5 Å². The summed E-state index contributed by atoms with van der Waals surface area (Å²) >= 11 is 0. The minimum absolute atomic E-state index is 0.0663. The van der Waals surface area contributed by atoms with Crippen molar-refractivity contribution in [3.8, 4) is 0 Å². The van der Waals surface area contributed by atoms with Gasteiger partial charge in [-0.1, -0.05) is 11.6 Å². The topological polar surface area (TPSA) is 104 Å². The Morgan fingerprint density at radius 3 is 2.83 bits per heavy atom. The molecule has 2 rings (SSSR count). The molecule has 2 atom stereocenters. The Morgan fingerprint density at radius 2 is 2.21 bits per heavy atom. The summed E-state index contributed by atoms with van der Waals surface area (Å²) in [7, 11) is 1.72. The molecule has 0 saturated heterocycles. The number of hydrogen-bond donors (Lipinski definition) is 3. The summed E-state index contributed by atoms with van der Waals surface area (Å²) in [6, 6.07) is 0.415. The van der Waals surface area contributed by atoms with Crippen molar-refractivity contribution in [3.63, 3.8) is 0 Å². The largest absolute Gasteiger partial charge is 0.354 e. The number of nitrogens with zero attached hydrogens (tertiary/aromatic N) is 3. The van der Waals surface area contributed by atoms with E-state index in [9.17, 15) is 4.79 Å². The predicted molar refractivity (Wildman–Crippen MR) is 91.4 cm³/mol. The van der Waals surface area contributed by atoms with Gasteiger partial charge in [0.2, 0.25) is 11.8 Å². The fourth-order valence-corrected chi connectivity index (χ4v) is 2.93. The first-order chi connectivity index (χ1) is 11.5. The van der Waals surface area contributed by atoms with Crippen molar-refractivity contribution < 1.29 is 9.32 Å². The Bertz CT molecular complexity index is 569. The lowest BCUT2D eigenvalue weighted by Gasteiger charge is -2.30. The van der Waals surface area contributed by atoms with Crippen LogP contribution in [0.2, 0.25) is 0 Å². The summed E-state index contributed by atoms with van der Waals surface area (Å²) < 4.78 is 4.95. The van der Waals surface area contributed by atoms with E-state index in [2.05, 4.69) is 31.1 Å². The van der Waals surface area contributed by atoms with E-state index in [1.54, 1.807) is 14.0 Å². The van der Waals surface area contributed by atoms with Crippen LogP contribution >= 0.6 is 0 Å². The molecule has 0 bridgehead atoms. The highest BCUT2D eigenvalue weighted by Crippen LogP contribution is 2.24. The second-order valence-electron chi connectivity index (χ2n) is 6.52. The zero-order valence-corrected chi connectivity index (χ0v) is 14.9. The third-order valence-corrected chi connectivity index (χ3v) is 4.02. The minimum Gasteiger partial charge on any atom is -0.354 e. The lowest BCUT2D eigenvalue weighted by Crippen LogP contribution is -2.47. The summed E-state index contributed by atoms with van der Waals surface area (Å²) in [5.74, 6) is 2.04. The summed E-state index contributed by atoms with van der Waals surface area (Å²) in [5, 5.41) is 13.4. The fourth-order valence-electron chi connectivity index (χ4n) is 2.93. The molecular formula is C16H28N6O2. The molecular weight excluding hydrogens is 308 g/mol. The van der Waals surface area contributed by atoms with Gasteiger partial charge in [-0.25, -0.2) is 0 Å². The highest BCUT2D eigenvalue weighted by Gasteiger charge is 2.28. The normalized spacial score (nSPS) is 21.6. The predicted octanol–water partition coefficient (Wildman–Crippen LogP) is 1.13. The third kappa shape index (κ3) is 5.50. The number of amides is 1. The van der Waals surface area contributed by atoms with E-state index < -0.39 is 0 Å². The first kappa shape index (κ1) is 18.2. The molecule has 1 amide bonds. The number of rotatable bonds is 5. The van der Waals surface area contributed by atoms with E-state index in [0.29, 0.717) is 24.2 Å². The second kappa shape index (κ2) is 8.65. The van der Waals surface area contributed by atoms with E-state index in [4.69, 9.17) is 4.52 Å². The molecule has 24 heavy (non-hydrogen) atoms. The molecule has 1 heterocycles. The van der Waals surface area contributed by atoms with Gasteiger partial charge in [0.05, 0.1) is 6.54 Å². The lowest BCUT2D eigenvalue weighted by molar-refractivity contribution is -0.126. The van der Waals surface area contributed by atoms with Gasteiger partial charge in [-0.2, -0.15) is 4.98 Å². The number of carbonyl (C=O) groups is 1. The first-order valence-corrected chi connectivity index (χ1v) is 8.54. The summed E-state index contributed by atoms with van der Waals surface area (Å²) in [6.45, 7) is 6.18. The summed E-state index contributed by atoms with van der Waals surface area (Å²) in [5.41, 5.74) is 0. The van der Waals surface area contributed by atoms with Crippen molar-refractivity contribution in [1.29, 1.82) is 0 Å². The first-order valence-electron chi connectivity index (χ1n) is 8.54. The van der Waals surface area contributed by atoms with Crippen LogP contribution in [-0.2, 0) is 11.3 Å². The molecule has 0 aliphatic heterocycles. The molecule has 134 valence electrons. The number of hydrogen-bond acceptors (Lipinski definition) is 5. The van der Waals surface area contributed by atoms with E-state index in [1.807, 2.05) is 13.8 Å². The fraction of sp³-hybridized carbons (Fsp3) is 0.750. The van der Waals surface area contributed by atoms with Crippen LogP contribution in [0.15, 0.2) is 9.52 Å². The van der Waals surface area contributed by atoms with Crippen LogP contribution in [0.25, 0.3) is 0 Å². The molecule has 8 heteroatoms. The summed E-state index contributed by atoms with van der Waals surface area (Å²) in [6.07, 6.45) is 3.84. The molecule has 1 aromatic heterocycles. The maximum Gasteiger partial charge on any atom is 0.223 e.